The fraction of sp³-hybridized carbons (Fsp3) is 0.500. The van der Waals surface area contributed by atoms with Crippen molar-refractivity contribution in [3.63, 3.8) is 0 Å². The van der Waals surface area contributed by atoms with E-state index in [1.165, 1.54) is 0 Å². The Morgan fingerprint density at radius 2 is 1.95 bits per heavy atom. The van der Waals surface area contributed by atoms with Crippen LogP contribution in [0.4, 0.5) is 17.6 Å². The number of benzene rings is 1. The normalized spacial score (nSPS) is 13.3. The van der Waals surface area contributed by atoms with Crippen LogP contribution in [0.2, 0.25) is 0 Å². The zero-order valence-corrected chi connectivity index (χ0v) is 11.8. The van der Waals surface area contributed by atoms with Gasteiger partial charge in [0.15, 0.2) is 0 Å². The first-order valence-electron chi connectivity index (χ1n) is 6.51. The maximum absolute atomic E-state index is 13.1. The number of carbonyl (C=O) groups excluding carboxylic acids is 1. The Hall–Kier alpha value is -1.63. The Balaban J connectivity index is 2.75. The van der Waals surface area contributed by atoms with Gasteiger partial charge in [0, 0.05) is 18.2 Å². The second kappa shape index (κ2) is 6.89. The molecule has 0 spiro atoms. The quantitative estimate of drug-likeness (QED) is 0.822. The minimum absolute atomic E-state index is 0.149. The van der Waals surface area contributed by atoms with E-state index in [1.807, 2.05) is 13.8 Å². The summed E-state index contributed by atoms with van der Waals surface area (Å²) in [6, 6.07) is 1.86. The highest BCUT2D eigenvalue weighted by atomic mass is 19.4. The third-order valence-electron chi connectivity index (χ3n) is 2.83. The Labute approximate surface area is 120 Å². The average Bonchev–Trinajstić information content (AvgIpc) is 2.34. The van der Waals surface area contributed by atoms with Gasteiger partial charge in [0.05, 0.1) is 5.56 Å². The topological polar surface area (TPSA) is 55.1 Å². The van der Waals surface area contributed by atoms with E-state index in [4.69, 9.17) is 5.73 Å². The Morgan fingerprint density at radius 1 is 1.33 bits per heavy atom. The fourth-order valence-electron chi connectivity index (χ4n) is 1.90. The van der Waals surface area contributed by atoms with Crippen molar-refractivity contribution in [1.82, 2.24) is 5.32 Å². The Morgan fingerprint density at radius 3 is 2.48 bits per heavy atom. The minimum atomic E-state index is -4.84. The second-order valence-corrected chi connectivity index (χ2v) is 5.29. The maximum atomic E-state index is 13.1. The minimum Gasteiger partial charge on any atom is -0.350 e. The zero-order chi connectivity index (χ0) is 16.2. The lowest BCUT2D eigenvalue weighted by molar-refractivity contribution is -0.140. The number of rotatable bonds is 5. The van der Waals surface area contributed by atoms with E-state index in [-0.39, 0.29) is 18.2 Å². The van der Waals surface area contributed by atoms with E-state index in [9.17, 15) is 22.4 Å². The van der Waals surface area contributed by atoms with Gasteiger partial charge in [-0.25, -0.2) is 4.39 Å². The predicted molar refractivity (Wildman–Crippen MR) is 71.2 cm³/mol. The lowest BCUT2D eigenvalue weighted by Gasteiger charge is -2.15. The van der Waals surface area contributed by atoms with Crippen molar-refractivity contribution in [1.29, 1.82) is 0 Å². The van der Waals surface area contributed by atoms with Crippen molar-refractivity contribution in [3.05, 3.63) is 35.1 Å². The molecule has 0 radical (unpaired) electrons. The van der Waals surface area contributed by atoms with Crippen molar-refractivity contribution in [2.45, 2.75) is 32.5 Å². The van der Waals surface area contributed by atoms with Gasteiger partial charge in [-0.1, -0.05) is 13.8 Å². The van der Waals surface area contributed by atoms with Crippen LogP contribution in [0.15, 0.2) is 18.2 Å². The standard InChI is InChI=1S/C14H18F4N2O/c1-8(2)5-10(19)7-20-13(21)9-3-4-12(15)11(6-9)14(16,17)18/h3-4,6,8,10H,5,7,19H2,1-2H3,(H,20,21). The van der Waals surface area contributed by atoms with Crippen LogP contribution in [0.3, 0.4) is 0 Å². The Kier molecular flexibility index (Phi) is 5.71. The van der Waals surface area contributed by atoms with E-state index in [1.54, 1.807) is 0 Å². The molecule has 0 aromatic heterocycles. The highest BCUT2D eigenvalue weighted by Gasteiger charge is 2.34. The molecule has 0 bridgehead atoms. The van der Waals surface area contributed by atoms with Crippen LogP contribution in [0.1, 0.15) is 36.2 Å². The van der Waals surface area contributed by atoms with Crippen LogP contribution in [0.5, 0.6) is 0 Å². The number of carbonyl (C=O) groups is 1. The van der Waals surface area contributed by atoms with Crippen molar-refractivity contribution < 1.29 is 22.4 Å². The van der Waals surface area contributed by atoms with E-state index >= 15 is 0 Å². The fourth-order valence-corrected chi connectivity index (χ4v) is 1.90. The molecule has 3 nitrogen and oxygen atoms in total. The van der Waals surface area contributed by atoms with Crippen LogP contribution in [-0.4, -0.2) is 18.5 Å². The first-order valence-corrected chi connectivity index (χ1v) is 6.51. The Bertz CT molecular complexity index is 500. The summed E-state index contributed by atoms with van der Waals surface area (Å²) < 4.78 is 50.8. The van der Waals surface area contributed by atoms with Crippen molar-refractivity contribution in [2.24, 2.45) is 11.7 Å². The molecule has 7 heteroatoms. The highest BCUT2D eigenvalue weighted by molar-refractivity contribution is 5.94. The summed E-state index contributed by atoms with van der Waals surface area (Å²) in [5.41, 5.74) is 4.06. The maximum Gasteiger partial charge on any atom is 0.419 e. The molecular weight excluding hydrogens is 288 g/mol. The van der Waals surface area contributed by atoms with Gasteiger partial charge in [0.2, 0.25) is 0 Å². The largest absolute Gasteiger partial charge is 0.419 e. The number of nitrogens with one attached hydrogen (secondary N) is 1. The molecular formula is C14H18F4N2O. The number of hydrogen-bond donors (Lipinski definition) is 2. The van der Waals surface area contributed by atoms with Crippen molar-refractivity contribution in [3.8, 4) is 0 Å². The first-order chi connectivity index (χ1) is 9.61. The molecule has 1 aromatic carbocycles. The number of nitrogens with two attached hydrogens (primary N) is 1. The molecule has 0 aliphatic rings. The van der Waals surface area contributed by atoms with Crippen LogP contribution in [-0.2, 0) is 6.18 Å². The molecule has 0 aliphatic carbocycles. The molecule has 0 heterocycles. The third kappa shape index (κ3) is 5.34. The van der Waals surface area contributed by atoms with Gasteiger partial charge in [-0.3, -0.25) is 4.79 Å². The summed E-state index contributed by atoms with van der Waals surface area (Å²) in [4.78, 5) is 11.8. The lowest BCUT2D eigenvalue weighted by atomic mass is 10.0. The molecule has 1 atom stereocenters. The summed E-state index contributed by atoms with van der Waals surface area (Å²) in [6.07, 6.45) is -4.16. The summed E-state index contributed by atoms with van der Waals surface area (Å²) in [5, 5.41) is 2.45. The first kappa shape index (κ1) is 17.4. The second-order valence-electron chi connectivity index (χ2n) is 5.29. The van der Waals surface area contributed by atoms with Gasteiger partial charge in [0.25, 0.3) is 5.91 Å². The van der Waals surface area contributed by atoms with Gasteiger partial charge < -0.3 is 11.1 Å². The molecule has 1 amide bonds. The SMILES string of the molecule is CC(C)CC(N)CNC(=O)c1ccc(F)c(C(F)(F)F)c1. The highest BCUT2D eigenvalue weighted by Crippen LogP contribution is 2.31. The van der Waals surface area contributed by atoms with Gasteiger partial charge in [-0.15, -0.1) is 0 Å². The molecule has 21 heavy (non-hydrogen) atoms. The molecule has 0 aliphatic heterocycles. The van der Waals surface area contributed by atoms with E-state index in [0.717, 1.165) is 6.07 Å². The number of halogens is 4. The molecule has 0 saturated heterocycles. The van der Waals surface area contributed by atoms with Gasteiger partial charge in [-0.2, -0.15) is 13.2 Å². The van der Waals surface area contributed by atoms with Crippen molar-refractivity contribution in [2.75, 3.05) is 6.54 Å². The van der Waals surface area contributed by atoms with Crippen LogP contribution in [0.25, 0.3) is 0 Å². The molecule has 1 unspecified atom stereocenters. The van der Waals surface area contributed by atoms with Crippen LogP contribution < -0.4 is 11.1 Å². The monoisotopic (exact) mass is 306 g/mol. The molecule has 118 valence electrons. The van der Waals surface area contributed by atoms with Crippen LogP contribution in [0, 0.1) is 11.7 Å². The summed E-state index contributed by atoms with van der Waals surface area (Å²) in [7, 11) is 0. The predicted octanol–water partition coefficient (Wildman–Crippen LogP) is 2.95. The molecule has 3 N–H and O–H groups in total. The summed E-state index contributed by atoms with van der Waals surface area (Å²) in [5.74, 6) is -1.77. The van der Waals surface area contributed by atoms with E-state index < -0.39 is 23.5 Å². The van der Waals surface area contributed by atoms with Crippen molar-refractivity contribution >= 4 is 5.91 Å². The van der Waals surface area contributed by atoms with Gasteiger partial charge in [-0.05, 0) is 30.5 Å². The number of hydrogen-bond acceptors (Lipinski definition) is 2. The lowest BCUT2D eigenvalue weighted by Crippen LogP contribution is -2.38. The molecule has 0 fully saturated rings. The van der Waals surface area contributed by atoms with E-state index in [2.05, 4.69) is 5.32 Å². The number of amides is 1. The van der Waals surface area contributed by atoms with E-state index in [0.29, 0.717) is 24.5 Å². The van der Waals surface area contributed by atoms with Gasteiger partial charge >= 0.3 is 6.18 Å². The average molecular weight is 306 g/mol. The summed E-state index contributed by atoms with van der Waals surface area (Å²) in [6.45, 7) is 4.09. The zero-order valence-electron chi connectivity index (χ0n) is 11.8. The smallest absolute Gasteiger partial charge is 0.350 e. The number of alkyl halides is 3. The third-order valence-corrected chi connectivity index (χ3v) is 2.83. The molecule has 1 rings (SSSR count). The van der Waals surface area contributed by atoms with Crippen LogP contribution >= 0.6 is 0 Å². The summed E-state index contributed by atoms with van der Waals surface area (Å²) >= 11 is 0. The molecule has 0 saturated carbocycles. The molecule has 1 aromatic rings. The van der Waals surface area contributed by atoms with Gasteiger partial charge in [0.1, 0.15) is 5.82 Å².